The van der Waals surface area contributed by atoms with Crippen LogP contribution in [0.15, 0.2) is 53.3 Å². The third kappa shape index (κ3) is 4.18. The number of aromatic amines is 1. The summed E-state index contributed by atoms with van der Waals surface area (Å²) in [5.41, 5.74) is 2.94. The van der Waals surface area contributed by atoms with Gasteiger partial charge < -0.3 is 19.8 Å². The first kappa shape index (κ1) is 19.2. The van der Waals surface area contributed by atoms with Gasteiger partial charge in [-0.15, -0.1) is 0 Å². The normalized spacial score (nSPS) is 12.4. The molecule has 29 heavy (non-hydrogen) atoms. The van der Waals surface area contributed by atoms with Gasteiger partial charge in [0, 0.05) is 11.2 Å². The Kier molecular flexibility index (Phi) is 5.37. The molecule has 0 radical (unpaired) electrons. The van der Waals surface area contributed by atoms with Gasteiger partial charge in [-0.25, -0.2) is 9.37 Å². The minimum Gasteiger partial charge on any atom is -0.432 e. The first-order valence-electron chi connectivity index (χ1n) is 9.01. The summed E-state index contributed by atoms with van der Waals surface area (Å²) in [4.78, 5) is 7.76. The van der Waals surface area contributed by atoms with Crippen LogP contribution in [0.3, 0.4) is 0 Å². The molecule has 0 saturated heterocycles. The van der Waals surface area contributed by atoms with Crippen molar-refractivity contribution in [1.82, 2.24) is 14.5 Å². The van der Waals surface area contributed by atoms with E-state index in [1.165, 1.54) is 18.4 Å². The van der Waals surface area contributed by atoms with Crippen molar-refractivity contribution >= 4 is 28.6 Å². The second-order valence-electron chi connectivity index (χ2n) is 6.70. The molecule has 150 valence electrons. The zero-order chi connectivity index (χ0) is 20.4. The number of nitrogens with zero attached hydrogens (tertiary/aromatic N) is 2. The number of fused-ring (bicyclic) bond motifs is 1. The molecule has 4 N–H and O–H groups in total. The van der Waals surface area contributed by atoms with Gasteiger partial charge in [-0.05, 0) is 41.8 Å². The van der Waals surface area contributed by atoms with Crippen LogP contribution in [-0.2, 0) is 13.0 Å². The van der Waals surface area contributed by atoms with Gasteiger partial charge in [0.2, 0.25) is 5.95 Å². The molecule has 1 atom stereocenters. The fourth-order valence-corrected chi connectivity index (χ4v) is 3.41. The van der Waals surface area contributed by atoms with E-state index in [0.29, 0.717) is 23.1 Å². The maximum absolute atomic E-state index is 14.0. The molecule has 9 heteroatoms. The maximum Gasteiger partial charge on any atom is 0.293 e. The summed E-state index contributed by atoms with van der Waals surface area (Å²) in [5, 5.41) is 21.1. The monoisotopic (exact) mass is 415 g/mol. The van der Waals surface area contributed by atoms with Crippen LogP contribution in [0.1, 0.15) is 11.1 Å². The smallest absolute Gasteiger partial charge is 0.293 e. The van der Waals surface area contributed by atoms with Gasteiger partial charge in [0.1, 0.15) is 12.1 Å². The average molecular weight is 416 g/mol. The van der Waals surface area contributed by atoms with E-state index in [4.69, 9.17) is 21.4 Å². The van der Waals surface area contributed by atoms with E-state index < -0.39 is 6.04 Å². The Balaban J connectivity index is 1.57. The average Bonchev–Trinajstić information content (AvgIpc) is 3.30. The number of aliphatic hydroxyl groups excluding tert-OH is 1. The van der Waals surface area contributed by atoms with Crippen LogP contribution in [-0.4, -0.2) is 32.3 Å². The number of hydrogen-bond acceptors (Lipinski definition) is 5. The van der Waals surface area contributed by atoms with Crippen molar-refractivity contribution in [1.29, 1.82) is 5.41 Å². The number of aliphatic hydroxyl groups is 1. The molecule has 0 aliphatic carbocycles. The molecule has 2 aromatic heterocycles. The number of oxazole rings is 1. The number of hydrogen-bond donors (Lipinski definition) is 4. The Morgan fingerprint density at radius 1 is 1.31 bits per heavy atom. The molecule has 2 heterocycles. The van der Waals surface area contributed by atoms with Gasteiger partial charge in [-0.3, -0.25) is 9.98 Å². The molecule has 0 bridgehead atoms. The topological polar surface area (TPSA) is 103 Å². The SMILES string of the molecule is N=c1occn1Cc1cccc2[nH]c(NC(CO)Cc3cc(Cl)ccc3F)nc12. The van der Waals surface area contributed by atoms with Crippen LogP contribution in [0.25, 0.3) is 11.0 Å². The van der Waals surface area contributed by atoms with Crippen molar-refractivity contribution in [2.75, 3.05) is 11.9 Å². The van der Waals surface area contributed by atoms with Gasteiger partial charge in [0.05, 0.1) is 30.2 Å². The summed E-state index contributed by atoms with van der Waals surface area (Å²) in [6, 6.07) is 9.62. The number of nitrogens with one attached hydrogen (secondary N) is 3. The lowest BCUT2D eigenvalue weighted by Gasteiger charge is -2.16. The number of imidazole rings is 1. The summed E-state index contributed by atoms with van der Waals surface area (Å²) in [7, 11) is 0. The van der Waals surface area contributed by atoms with Crippen LogP contribution < -0.4 is 11.0 Å². The molecule has 0 fully saturated rings. The van der Waals surface area contributed by atoms with E-state index in [1.54, 1.807) is 16.8 Å². The second-order valence-corrected chi connectivity index (χ2v) is 7.13. The third-order valence-corrected chi connectivity index (χ3v) is 4.89. The summed E-state index contributed by atoms with van der Waals surface area (Å²) in [5.74, 6) is 0.0992. The minimum atomic E-state index is -0.449. The molecular weight excluding hydrogens is 397 g/mol. The van der Waals surface area contributed by atoms with Crippen molar-refractivity contribution in [2.45, 2.75) is 19.0 Å². The number of benzene rings is 2. The number of halogens is 2. The summed E-state index contributed by atoms with van der Waals surface area (Å²) >= 11 is 5.95. The van der Waals surface area contributed by atoms with Gasteiger partial charge in [-0.1, -0.05) is 23.7 Å². The van der Waals surface area contributed by atoms with E-state index in [1.807, 2.05) is 18.2 Å². The lowest BCUT2D eigenvalue weighted by Crippen LogP contribution is -2.27. The fraction of sp³-hybridized carbons (Fsp3) is 0.200. The fourth-order valence-electron chi connectivity index (χ4n) is 3.22. The molecule has 4 aromatic rings. The van der Waals surface area contributed by atoms with Crippen LogP contribution in [0.4, 0.5) is 10.3 Å². The molecule has 2 aromatic carbocycles. The Morgan fingerprint density at radius 3 is 2.93 bits per heavy atom. The molecule has 0 amide bonds. The summed E-state index contributed by atoms with van der Waals surface area (Å²) in [6.07, 6.45) is 3.40. The lowest BCUT2D eigenvalue weighted by atomic mass is 10.1. The highest BCUT2D eigenvalue weighted by molar-refractivity contribution is 6.30. The van der Waals surface area contributed by atoms with Crippen molar-refractivity contribution in [3.05, 3.63) is 76.5 Å². The van der Waals surface area contributed by atoms with E-state index in [-0.39, 0.29) is 24.5 Å². The van der Waals surface area contributed by atoms with Crippen LogP contribution in [0.2, 0.25) is 5.02 Å². The first-order chi connectivity index (χ1) is 14.0. The highest BCUT2D eigenvalue weighted by Gasteiger charge is 2.15. The Bertz CT molecular complexity index is 1200. The highest BCUT2D eigenvalue weighted by atomic mass is 35.5. The van der Waals surface area contributed by atoms with Crippen molar-refractivity contribution in [3.8, 4) is 0 Å². The quantitative estimate of drug-likeness (QED) is 0.372. The number of aromatic nitrogens is 3. The Labute approximate surface area is 170 Å². The molecule has 4 rings (SSSR count). The number of rotatable bonds is 7. The molecule has 0 saturated carbocycles. The molecule has 7 nitrogen and oxygen atoms in total. The van der Waals surface area contributed by atoms with E-state index >= 15 is 0 Å². The Hall–Kier alpha value is -3.10. The second kappa shape index (κ2) is 8.10. The lowest BCUT2D eigenvalue weighted by molar-refractivity contribution is 0.272. The van der Waals surface area contributed by atoms with Crippen molar-refractivity contribution < 1.29 is 13.9 Å². The standard InChI is InChI=1S/C20H19ClFN5O2/c21-14-4-5-16(22)13(8-14)9-15(11-28)24-20-25-17-3-1-2-12(18(17)26-20)10-27-6-7-29-19(27)23/h1-8,15,23,28H,9-11H2,(H2,24,25,26). The Morgan fingerprint density at radius 2 is 2.17 bits per heavy atom. The van der Waals surface area contributed by atoms with Gasteiger partial charge in [0.15, 0.2) is 0 Å². The predicted octanol–water partition coefficient (Wildman–Crippen LogP) is 3.29. The molecule has 0 aliphatic rings. The highest BCUT2D eigenvalue weighted by Crippen LogP contribution is 2.21. The number of H-pyrrole nitrogens is 1. The van der Waals surface area contributed by atoms with E-state index in [9.17, 15) is 9.50 Å². The summed E-state index contributed by atoms with van der Waals surface area (Å²) < 4.78 is 20.7. The number of para-hydroxylation sites is 1. The van der Waals surface area contributed by atoms with Crippen LogP contribution >= 0.6 is 11.6 Å². The van der Waals surface area contributed by atoms with Crippen LogP contribution in [0.5, 0.6) is 0 Å². The summed E-state index contributed by atoms with van der Waals surface area (Å²) in [6.45, 7) is 0.233. The largest absolute Gasteiger partial charge is 0.432 e. The molecular formula is C20H19ClFN5O2. The number of anilines is 1. The van der Waals surface area contributed by atoms with Crippen LogP contribution in [0, 0.1) is 11.2 Å². The zero-order valence-electron chi connectivity index (χ0n) is 15.3. The molecule has 0 aliphatic heterocycles. The minimum absolute atomic E-state index is 0.0554. The van der Waals surface area contributed by atoms with E-state index in [2.05, 4.69) is 15.3 Å². The van der Waals surface area contributed by atoms with Gasteiger partial charge in [-0.2, -0.15) is 0 Å². The molecule has 0 spiro atoms. The first-order valence-corrected chi connectivity index (χ1v) is 9.38. The van der Waals surface area contributed by atoms with Gasteiger partial charge >= 0.3 is 0 Å². The van der Waals surface area contributed by atoms with Gasteiger partial charge in [0.25, 0.3) is 5.68 Å². The van der Waals surface area contributed by atoms with Crippen molar-refractivity contribution in [2.24, 2.45) is 0 Å². The van der Waals surface area contributed by atoms with Crippen molar-refractivity contribution in [3.63, 3.8) is 0 Å². The van der Waals surface area contributed by atoms with E-state index in [0.717, 1.165) is 16.6 Å². The predicted molar refractivity (Wildman–Crippen MR) is 107 cm³/mol. The third-order valence-electron chi connectivity index (χ3n) is 4.65. The molecule has 1 unspecified atom stereocenters. The maximum atomic E-state index is 14.0. The zero-order valence-corrected chi connectivity index (χ0v) is 16.1.